The van der Waals surface area contributed by atoms with E-state index in [4.69, 9.17) is 9.47 Å². The zero-order valence-corrected chi connectivity index (χ0v) is 16.7. The predicted octanol–water partition coefficient (Wildman–Crippen LogP) is 0.595. The fourth-order valence-corrected chi connectivity index (χ4v) is 1.57. The molecule has 0 aliphatic heterocycles. The average Bonchev–Trinajstić information content (AvgIpc) is 2.48. The van der Waals surface area contributed by atoms with Gasteiger partial charge in [-0.05, 0) is 20.3 Å². The van der Waals surface area contributed by atoms with E-state index in [0.29, 0.717) is 32.3 Å². The molecule has 0 bridgehead atoms. The molecule has 0 atom stereocenters. The number of nitrogens with one attached hydrogen (secondary N) is 3. The first-order valence-corrected chi connectivity index (χ1v) is 7.21. The second kappa shape index (κ2) is 14.0. The second-order valence-corrected chi connectivity index (χ2v) is 5.27. The summed E-state index contributed by atoms with van der Waals surface area (Å²) in [6.45, 7) is 6.95. The van der Waals surface area contributed by atoms with Gasteiger partial charge in [0.15, 0.2) is 5.96 Å². The van der Waals surface area contributed by atoms with Crippen molar-refractivity contribution in [1.29, 1.82) is 0 Å². The third-order valence-electron chi connectivity index (χ3n) is 2.95. The molecular formula is C14H31IN4O3. The number of hydrogen-bond acceptors (Lipinski definition) is 4. The van der Waals surface area contributed by atoms with Gasteiger partial charge < -0.3 is 25.4 Å². The number of nitrogens with zero attached hydrogens (tertiary/aromatic N) is 1. The molecule has 0 aliphatic carbocycles. The molecule has 7 nitrogen and oxygen atoms in total. The van der Waals surface area contributed by atoms with Gasteiger partial charge in [-0.3, -0.25) is 9.79 Å². The van der Waals surface area contributed by atoms with Gasteiger partial charge in [0.25, 0.3) is 0 Å². The minimum atomic E-state index is -0.490. The van der Waals surface area contributed by atoms with E-state index in [0.717, 1.165) is 13.0 Å². The number of rotatable bonds is 10. The van der Waals surface area contributed by atoms with Crippen LogP contribution in [0.2, 0.25) is 0 Å². The molecule has 0 saturated carbocycles. The molecule has 0 unspecified atom stereocenters. The van der Waals surface area contributed by atoms with Crippen LogP contribution < -0.4 is 16.0 Å². The molecule has 0 aliphatic rings. The summed E-state index contributed by atoms with van der Waals surface area (Å²) in [5, 5.41) is 9.00. The highest BCUT2D eigenvalue weighted by Gasteiger charge is 2.26. The second-order valence-electron chi connectivity index (χ2n) is 5.27. The highest BCUT2D eigenvalue weighted by atomic mass is 127. The van der Waals surface area contributed by atoms with E-state index >= 15 is 0 Å². The summed E-state index contributed by atoms with van der Waals surface area (Å²) >= 11 is 0. The van der Waals surface area contributed by atoms with Gasteiger partial charge in [-0.15, -0.1) is 24.0 Å². The molecular weight excluding hydrogens is 399 g/mol. The molecule has 1 amide bonds. The molecule has 0 aromatic carbocycles. The maximum Gasteiger partial charge on any atom is 0.227 e. The third kappa shape index (κ3) is 11.0. The molecule has 22 heavy (non-hydrogen) atoms. The molecule has 0 radical (unpaired) electrons. The zero-order valence-electron chi connectivity index (χ0n) is 14.3. The summed E-state index contributed by atoms with van der Waals surface area (Å²) < 4.78 is 10.3. The zero-order chi connectivity index (χ0) is 16.1. The van der Waals surface area contributed by atoms with Crippen LogP contribution in [-0.2, 0) is 14.3 Å². The lowest BCUT2D eigenvalue weighted by atomic mass is 9.92. The standard InChI is InChI=1S/C14H30N4O3.HI/c1-14(2,12(19)15-3)11-18-13(16-4)17-7-6-8-21-10-9-20-5;/h6-11H2,1-5H3,(H,15,19)(H2,16,17,18);1H. The van der Waals surface area contributed by atoms with E-state index in [1.54, 1.807) is 21.2 Å². The maximum atomic E-state index is 11.7. The fourth-order valence-electron chi connectivity index (χ4n) is 1.57. The SMILES string of the molecule is CN=C(NCCCOCCOC)NCC(C)(C)C(=O)NC.I. The number of hydrogen-bond donors (Lipinski definition) is 3. The normalized spacial score (nSPS) is 11.6. The van der Waals surface area contributed by atoms with Crippen LogP contribution in [0.3, 0.4) is 0 Å². The topological polar surface area (TPSA) is 84.0 Å². The van der Waals surface area contributed by atoms with Gasteiger partial charge in [0, 0.05) is 40.9 Å². The Balaban J connectivity index is 0. The van der Waals surface area contributed by atoms with Crippen LogP contribution in [0.5, 0.6) is 0 Å². The van der Waals surface area contributed by atoms with Crippen molar-refractivity contribution in [3.8, 4) is 0 Å². The van der Waals surface area contributed by atoms with Crippen LogP contribution in [0.15, 0.2) is 4.99 Å². The Morgan fingerprint density at radius 1 is 1.18 bits per heavy atom. The quantitative estimate of drug-likeness (QED) is 0.205. The molecule has 0 aromatic heterocycles. The van der Waals surface area contributed by atoms with E-state index in [1.165, 1.54) is 0 Å². The highest BCUT2D eigenvalue weighted by Crippen LogP contribution is 2.12. The monoisotopic (exact) mass is 430 g/mol. The lowest BCUT2D eigenvalue weighted by molar-refractivity contribution is -0.128. The van der Waals surface area contributed by atoms with Crippen LogP contribution >= 0.6 is 24.0 Å². The van der Waals surface area contributed by atoms with Gasteiger partial charge in [-0.1, -0.05) is 0 Å². The minimum Gasteiger partial charge on any atom is -0.382 e. The minimum absolute atomic E-state index is 0. The molecule has 132 valence electrons. The maximum absolute atomic E-state index is 11.7. The first-order chi connectivity index (χ1) is 9.97. The van der Waals surface area contributed by atoms with E-state index in [9.17, 15) is 4.79 Å². The molecule has 0 aromatic rings. The van der Waals surface area contributed by atoms with Crippen LogP contribution in [0.25, 0.3) is 0 Å². The molecule has 0 saturated heterocycles. The Kier molecular flexibility index (Phi) is 15.1. The number of halogens is 1. The Morgan fingerprint density at radius 2 is 1.86 bits per heavy atom. The van der Waals surface area contributed by atoms with Crippen molar-refractivity contribution in [2.75, 3.05) is 54.1 Å². The highest BCUT2D eigenvalue weighted by molar-refractivity contribution is 14.0. The number of amides is 1. The van der Waals surface area contributed by atoms with Gasteiger partial charge in [0.1, 0.15) is 0 Å². The van der Waals surface area contributed by atoms with Crippen molar-refractivity contribution in [3.05, 3.63) is 0 Å². The Hall–Kier alpha value is -0.610. The Labute approximate surface area is 151 Å². The number of carbonyl (C=O) groups is 1. The lowest BCUT2D eigenvalue weighted by Gasteiger charge is -2.24. The number of aliphatic imine (C=N–C) groups is 1. The van der Waals surface area contributed by atoms with Crippen molar-refractivity contribution in [3.63, 3.8) is 0 Å². The van der Waals surface area contributed by atoms with Gasteiger partial charge in [0.05, 0.1) is 18.6 Å². The third-order valence-corrected chi connectivity index (χ3v) is 2.95. The van der Waals surface area contributed by atoms with Crippen molar-refractivity contribution in [2.45, 2.75) is 20.3 Å². The average molecular weight is 430 g/mol. The summed E-state index contributed by atoms with van der Waals surface area (Å²) in [6, 6.07) is 0. The van der Waals surface area contributed by atoms with Gasteiger partial charge in [-0.25, -0.2) is 0 Å². The number of methoxy groups -OCH3 is 1. The van der Waals surface area contributed by atoms with Crippen LogP contribution in [0.1, 0.15) is 20.3 Å². The first-order valence-electron chi connectivity index (χ1n) is 7.21. The number of ether oxygens (including phenoxy) is 2. The number of carbonyl (C=O) groups excluding carboxylic acids is 1. The summed E-state index contributed by atoms with van der Waals surface area (Å²) in [7, 11) is 5.00. The fraction of sp³-hybridized carbons (Fsp3) is 0.857. The molecule has 0 fully saturated rings. The van der Waals surface area contributed by atoms with E-state index < -0.39 is 5.41 Å². The van der Waals surface area contributed by atoms with Gasteiger partial charge in [-0.2, -0.15) is 0 Å². The van der Waals surface area contributed by atoms with E-state index in [1.807, 2.05) is 13.8 Å². The summed E-state index contributed by atoms with van der Waals surface area (Å²) in [6.07, 6.45) is 0.878. The molecule has 0 spiro atoms. The Bertz CT molecular complexity index is 325. The Morgan fingerprint density at radius 3 is 2.41 bits per heavy atom. The largest absolute Gasteiger partial charge is 0.382 e. The molecule has 0 heterocycles. The van der Waals surface area contributed by atoms with Crippen molar-refractivity contribution in [2.24, 2.45) is 10.4 Å². The van der Waals surface area contributed by atoms with Crippen molar-refractivity contribution >= 4 is 35.8 Å². The lowest BCUT2D eigenvalue weighted by Crippen LogP contribution is -2.47. The molecule has 8 heteroatoms. The number of guanidine groups is 1. The summed E-state index contributed by atoms with van der Waals surface area (Å²) in [5.74, 6) is 0.681. The van der Waals surface area contributed by atoms with Gasteiger partial charge in [0.2, 0.25) is 5.91 Å². The van der Waals surface area contributed by atoms with E-state index in [2.05, 4.69) is 20.9 Å². The first kappa shape index (κ1) is 23.7. The van der Waals surface area contributed by atoms with Crippen molar-refractivity contribution < 1.29 is 14.3 Å². The van der Waals surface area contributed by atoms with Gasteiger partial charge >= 0.3 is 0 Å². The van der Waals surface area contributed by atoms with E-state index in [-0.39, 0.29) is 29.9 Å². The molecule has 0 rings (SSSR count). The smallest absolute Gasteiger partial charge is 0.227 e. The van der Waals surface area contributed by atoms with Crippen LogP contribution in [0.4, 0.5) is 0 Å². The van der Waals surface area contributed by atoms with Crippen LogP contribution in [0, 0.1) is 5.41 Å². The summed E-state index contributed by atoms with van der Waals surface area (Å²) in [4.78, 5) is 15.8. The summed E-state index contributed by atoms with van der Waals surface area (Å²) in [5.41, 5.74) is -0.490. The van der Waals surface area contributed by atoms with Crippen LogP contribution in [-0.4, -0.2) is 66.0 Å². The predicted molar refractivity (Wildman–Crippen MR) is 99.9 cm³/mol. The van der Waals surface area contributed by atoms with Crippen molar-refractivity contribution in [1.82, 2.24) is 16.0 Å². The molecule has 3 N–H and O–H groups in total.